The molecule has 3 nitrogen and oxygen atoms in total. The summed E-state index contributed by atoms with van der Waals surface area (Å²) >= 11 is 0. The van der Waals surface area contributed by atoms with Crippen molar-refractivity contribution in [3.8, 4) is 17.2 Å². The van der Waals surface area contributed by atoms with Gasteiger partial charge in [0.2, 0.25) is 0 Å². The van der Waals surface area contributed by atoms with Gasteiger partial charge in [0.15, 0.2) is 8.07 Å². The normalized spacial score (nSPS) is 15.9. The molecular weight excluding hydrogens is 472 g/mol. The predicted octanol–water partition coefficient (Wildman–Crippen LogP) is 5.95. The Hall–Kier alpha value is -3.24. The lowest BCUT2D eigenvalue weighted by atomic mass is 10.1. The maximum atomic E-state index is 6.20. The van der Waals surface area contributed by atoms with Crippen LogP contribution in [-0.4, -0.2) is 29.4 Å². The molecule has 0 aliphatic heterocycles. The van der Waals surface area contributed by atoms with Crippen molar-refractivity contribution in [2.75, 3.05) is 21.3 Å². The van der Waals surface area contributed by atoms with Crippen molar-refractivity contribution in [2.24, 2.45) is 5.92 Å². The summed E-state index contributed by atoms with van der Waals surface area (Å²) in [5, 5.41) is 5.28. The summed E-state index contributed by atoms with van der Waals surface area (Å²) in [6.45, 7) is 15.9. The molecule has 0 fully saturated rings. The van der Waals surface area contributed by atoms with E-state index in [0.717, 1.165) is 17.2 Å². The fourth-order valence-corrected chi connectivity index (χ4v) is 13.5. The van der Waals surface area contributed by atoms with Gasteiger partial charge in [0.05, 0.1) is 21.3 Å². The molecule has 0 saturated heterocycles. The van der Waals surface area contributed by atoms with E-state index in [1.54, 1.807) is 21.3 Å². The number of rotatable bonds is 7. The number of ether oxygens (including phenoxy) is 3. The molecule has 4 rings (SSSR count). The van der Waals surface area contributed by atoms with Crippen LogP contribution in [-0.2, 0) is 0 Å². The monoisotopic (exact) mass is 512 g/mol. The maximum Gasteiger partial charge on any atom is 0.190 e. The summed E-state index contributed by atoms with van der Waals surface area (Å²) in [6, 6.07) is 19.3. The van der Waals surface area contributed by atoms with E-state index in [1.165, 1.54) is 54.2 Å². The molecule has 1 aliphatic rings. The minimum atomic E-state index is -3.07. The molecule has 0 bridgehead atoms. The van der Waals surface area contributed by atoms with E-state index >= 15 is 0 Å². The molecule has 3 aromatic carbocycles. The van der Waals surface area contributed by atoms with Gasteiger partial charge in [0, 0.05) is 0 Å². The van der Waals surface area contributed by atoms with Crippen LogP contribution in [0.4, 0.5) is 0 Å². The molecule has 3 aromatic rings. The van der Waals surface area contributed by atoms with Crippen LogP contribution in [0.1, 0.15) is 44.4 Å². The van der Waals surface area contributed by atoms with Crippen molar-refractivity contribution >= 4 is 23.6 Å². The quantitative estimate of drug-likeness (QED) is 0.289. The van der Waals surface area contributed by atoms with Gasteiger partial charge in [0.1, 0.15) is 17.2 Å². The SMILES string of the molecule is COc1cccc(C)c1[Si](C1=C(C)C(C)=C(C)C1C)(c1c(C)cccc1OC)c1c(C)cccc1OC. The van der Waals surface area contributed by atoms with Crippen LogP contribution in [0.5, 0.6) is 17.2 Å². The van der Waals surface area contributed by atoms with Gasteiger partial charge in [0.25, 0.3) is 0 Å². The Morgan fingerprint density at radius 2 is 0.892 bits per heavy atom. The zero-order valence-corrected chi connectivity index (χ0v) is 25.0. The Morgan fingerprint density at radius 1 is 0.541 bits per heavy atom. The minimum absolute atomic E-state index is 0.268. The van der Waals surface area contributed by atoms with Crippen LogP contribution in [0.2, 0.25) is 0 Å². The molecule has 194 valence electrons. The Kier molecular flexibility index (Phi) is 7.43. The van der Waals surface area contributed by atoms with Crippen LogP contribution >= 0.6 is 0 Å². The Bertz CT molecular complexity index is 1280. The van der Waals surface area contributed by atoms with E-state index in [9.17, 15) is 0 Å². The highest BCUT2D eigenvalue weighted by Gasteiger charge is 2.54. The molecule has 4 heteroatoms. The molecule has 0 amide bonds. The molecular formula is C33H40O3Si. The minimum Gasteiger partial charge on any atom is -0.497 e. The highest BCUT2D eigenvalue weighted by atomic mass is 28.3. The molecule has 1 unspecified atom stereocenters. The standard InChI is InChI=1S/C33H40O3Si/c1-20-14-11-17-27(34-8)30(20)37(31-21(2)15-12-18-28(31)35-9,32-22(3)16-13-19-29(32)36-10)33-25(6)23(4)24(5)26(33)7/h11-19,25H,1-10H3. The summed E-state index contributed by atoms with van der Waals surface area (Å²) in [5.74, 6) is 3.01. The predicted molar refractivity (Wildman–Crippen MR) is 158 cm³/mol. The molecule has 37 heavy (non-hydrogen) atoms. The number of allylic oxidation sites excluding steroid dienone is 4. The van der Waals surface area contributed by atoms with Crippen LogP contribution in [0, 0.1) is 26.7 Å². The van der Waals surface area contributed by atoms with Gasteiger partial charge >= 0.3 is 0 Å². The first-order valence-electron chi connectivity index (χ1n) is 13.0. The lowest BCUT2D eigenvalue weighted by Crippen LogP contribution is -2.72. The van der Waals surface area contributed by atoms with Gasteiger partial charge in [-0.25, -0.2) is 0 Å². The third kappa shape index (κ3) is 3.93. The van der Waals surface area contributed by atoms with Crippen molar-refractivity contribution < 1.29 is 14.2 Å². The van der Waals surface area contributed by atoms with Crippen molar-refractivity contribution in [1.82, 2.24) is 0 Å². The average molecular weight is 513 g/mol. The van der Waals surface area contributed by atoms with E-state index in [-0.39, 0.29) is 5.92 Å². The highest BCUT2D eigenvalue weighted by Crippen LogP contribution is 2.44. The lowest BCUT2D eigenvalue weighted by molar-refractivity contribution is 0.415. The average Bonchev–Trinajstić information content (AvgIpc) is 3.08. The van der Waals surface area contributed by atoms with Crippen LogP contribution < -0.4 is 29.8 Å². The van der Waals surface area contributed by atoms with Crippen LogP contribution in [0.25, 0.3) is 0 Å². The number of hydrogen-bond donors (Lipinski definition) is 0. The Labute approximate surface area is 223 Å². The molecule has 0 saturated carbocycles. The van der Waals surface area contributed by atoms with E-state index in [0.29, 0.717) is 0 Å². The number of hydrogen-bond acceptors (Lipinski definition) is 3. The summed E-state index contributed by atoms with van der Waals surface area (Å²) < 4.78 is 18.6. The molecule has 0 aromatic heterocycles. The summed E-state index contributed by atoms with van der Waals surface area (Å²) in [5.41, 5.74) is 7.84. The second kappa shape index (κ2) is 10.3. The van der Waals surface area contributed by atoms with Crippen molar-refractivity contribution in [3.05, 3.63) is 93.2 Å². The van der Waals surface area contributed by atoms with Crippen LogP contribution in [0.3, 0.4) is 0 Å². The Balaban J connectivity index is 2.43. The maximum absolute atomic E-state index is 6.20. The lowest BCUT2D eigenvalue weighted by Gasteiger charge is -2.42. The van der Waals surface area contributed by atoms with E-state index in [1.807, 2.05) is 0 Å². The van der Waals surface area contributed by atoms with Gasteiger partial charge in [-0.05, 0) is 103 Å². The number of methoxy groups -OCH3 is 3. The first kappa shape index (κ1) is 26.8. The molecule has 0 N–H and O–H groups in total. The fraction of sp³-hybridized carbons (Fsp3) is 0.333. The third-order valence-corrected chi connectivity index (χ3v) is 14.3. The first-order valence-corrected chi connectivity index (χ1v) is 15.0. The molecule has 0 heterocycles. The van der Waals surface area contributed by atoms with Gasteiger partial charge in [-0.3, -0.25) is 0 Å². The van der Waals surface area contributed by atoms with Gasteiger partial charge < -0.3 is 14.2 Å². The number of aryl methyl sites for hydroxylation is 3. The molecule has 1 aliphatic carbocycles. The first-order chi connectivity index (χ1) is 17.7. The zero-order chi connectivity index (χ0) is 27.1. The highest BCUT2D eigenvalue weighted by molar-refractivity contribution is 7.18. The summed E-state index contributed by atoms with van der Waals surface area (Å²) in [4.78, 5) is 0. The van der Waals surface area contributed by atoms with E-state index in [2.05, 4.69) is 103 Å². The zero-order valence-electron chi connectivity index (χ0n) is 24.0. The van der Waals surface area contributed by atoms with Crippen molar-refractivity contribution in [1.29, 1.82) is 0 Å². The van der Waals surface area contributed by atoms with Gasteiger partial charge in [-0.2, -0.15) is 0 Å². The second-order valence-electron chi connectivity index (χ2n) is 10.3. The third-order valence-electron chi connectivity index (χ3n) is 8.53. The Morgan fingerprint density at radius 3 is 1.16 bits per heavy atom. The molecule has 0 radical (unpaired) electrons. The van der Waals surface area contributed by atoms with Crippen molar-refractivity contribution in [2.45, 2.75) is 48.5 Å². The van der Waals surface area contributed by atoms with Gasteiger partial charge in [-0.1, -0.05) is 59.7 Å². The van der Waals surface area contributed by atoms with Crippen LogP contribution in [0.15, 0.2) is 76.5 Å². The smallest absolute Gasteiger partial charge is 0.190 e. The number of benzene rings is 3. The summed E-state index contributed by atoms with van der Waals surface area (Å²) in [6.07, 6.45) is 0. The topological polar surface area (TPSA) is 27.7 Å². The van der Waals surface area contributed by atoms with E-state index < -0.39 is 8.07 Å². The van der Waals surface area contributed by atoms with E-state index in [4.69, 9.17) is 14.2 Å². The summed E-state index contributed by atoms with van der Waals surface area (Å²) in [7, 11) is 2.29. The fourth-order valence-electron chi connectivity index (χ4n) is 6.62. The molecule has 1 atom stereocenters. The second-order valence-corrected chi connectivity index (χ2v) is 13.8. The van der Waals surface area contributed by atoms with Gasteiger partial charge in [-0.15, -0.1) is 0 Å². The molecule has 0 spiro atoms. The largest absolute Gasteiger partial charge is 0.497 e. The van der Waals surface area contributed by atoms with Crippen molar-refractivity contribution in [3.63, 3.8) is 0 Å².